The van der Waals surface area contributed by atoms with E-state index < -0.39 is 17.8 Å². The Bertz CT molecular complexity index is 465. The number of carbonyl (C=O) groups is 1. The van der Waals surface area contributed by atoms with Crippen LogP contribution in [0, 0.1) is 23.1 Å². The van der Waals surface area contributed by atoms with Gasteiger partial charge in [-0.05, 0) is 24.1 Å². The number of hydrogen-bond donors (Lipinski definition) is 2. The predicted molar refractivity (Wildman–Crippen MR) is 62.6 cm³/mol. The monoisotopic (exact) mass is 235 g/mol. The number of amides is 1. The van der Waals surface area contributed by atoms with Crippen molar-refractivity contribution in [1.82, 2.24) is 0 Å². The average Bonchev–Trinajstić information content (AvgIpc) is 2.24. The van der Waals surface area contributed by atoms with E-state index in [1.165, 1.54) is 12.1 Å². The van der Waals surface area contributed by atoms with Gasteiger partial charge >= 0.3 is 0 Å². The van der Waals surface area contributed by atoms with Crippen LogP contribution in [0.4, 0.5) is 10.1 Å². The van der Waals surface area contributed by atoms with E-state index in [0.29, 0.717) is 5.69 Å². The summed E-state index contributed by atoms with van der Waals surface area (Å²) in [6, 6.07) is 5.07. The van der Waals surface area contributed by atoms with Gasteiger partial charge < -0.3 is 11.1 Å². The molecule has 4 nitrogen and oxygen atoms in total. The Morgan fingerprint density at radius 1 is 1.47 bits per heavy atom. The van der Waals surface area contributed by atoms with Crippen LogP contribution in [0.15, 0.2) is 18.2 Å². The number of rotatable bonds is 4. The quantitative estimate of drug-likeness (QED) is 0.832. The normalized spacial score (nSPS) is 11.9. The summed E-state index contributed by atoms with van der Waals surface area (Å²) in [5.41, 5.74) is 5.80. The Hall–Kier alpha value is -2.09. The molecule has 0 radical (unpaired) electrons. The summed E-state index contributed by atoms with van der Waals surface area (Å²) in [6.45, 7) is 3.65. The molecule has 1 aromatic carbocycles. The molecule has 1 amide bonds. The van der Waals surface area contributed by atoms with E-state index in [2.05, 4.69) is 5.32 Å². The molecular weight excluding hydrogens is 221 g/mol. The first-order valence-corrected chi connectivity index (χ1v) is 5.20. The fraction of sp³-hybridized carbons (Fsp3) is 0.333. The van der Waals surface area contributed by atoms with Crippen LogP contribution in [0.1, 0.15) is 19.4 Å². The summed E-state index contributed by atoms with van der Waals surface area (Å²) < 4.78 is 13.2. The summed E-state index contributed by atoms with van der Waals surface area (Å²) in [5.74, 6) is -1.07. The third-order valence-electron chi connectivity index (χ3n) is 2.32. The van der Waals surface area contributed by atoms with Crippen molar-refractivity contribution in [2.45, 2.75) is 19.9 Å². The molecule has 0 bridgehead atoms. The second-order valence-electron chi connectivity index (χ2n) is 4.11. The SMILES string of the molecule is CC(C)C(Nc1cc(F)cc(C#N)c1)C(N)=O. The maximum Gasteiger partial charge on any atom is 0.240 e. The van der Waals surface area contributed by atoms with Gasteiger partial charge in [0.05, 0.1) is 11.6 Å². The van der Waals surface area contributed by atoms with Crippen LogP contribution < -0.4 is 11.1 Å². The van der Waals surface area contributed by atoms with Gasteiger partial charge in [0.15, 0.2) is 0 Å². The Labute approximate surface area is 99.2 Å². The lowest BCUT2D eigenvalue weighted by molar-refractivity contribution is -0.119. The van der Waals surface area contributed by atoms with E-state index >= 15 is 0 Å². The van der Waals surface area contributed by atoms with Crippen LogP contribution >= 0.6 is 0 Å². The van der Waals surface area contributed by atoms with Gasteiger partial charge in [0.25, 0.3) is 0 Å². The maximum atomic E-state index is 13.2. The molecule has 0 saturated carbocycles. The van der Waals surface area contributed by atoms with Crippen molar-refractivity contribution in [3.8, 4) is 6.07 Å². The summed E-state index contributed by atoms with van der Waals surface area (Å²) in [4.78, 5) is 11.2. The van der Waals surface area contributed by atoms with Crippen molar-refractivity contribution >= 4 is 11.6 Å². The predicted octanol–water partition coefficient (Wildman–Crippen LogP) is 1.62. The van der Waals surface area contributed by atoms with Gasteiger partial charge in [-0.2, -0.15) is 5.26 Å². The molecule has 1 atom stereocenters. The summed E-state index contributed by atoms with van der Waals surface area (Å²) in [7, 11) is 0. The highest BCUT2D eigenvalue weighted by Gasteiger charge is 2.19. The maximum absolute atomic E-state index is 13.2. The molecule has 17 heavy (non-hydrogen) atoms. The van der Waals surface area contributed by atoms with Gasteiger partial charge in [0.2, 0.25) is 5.91 Å². The number of carbonyl (C=O) groups excluding carboxylic acids is 1. The smallest absolute Gasteiger partial charge is 0.240 e. The average molecular weight is 235 g/mol. The lowest BCUT2D eigenvalue weighted by atomic mass is 10.0. The minimum atomic E-state index is -0.594. The van der Waals surface area contributed by atoms with Crippen molar-refractivity contribution in [3.63, 3.8) is 0 Å². The molecule has 0 aromatic heterocycles. The van der Waals surface area contributed by atoms with Crippen molar-refractivity contribution < 1.29 is 9.18 Å². The molecule has 0 aliphatic rings. The van der Waals surface area contributed by atoms with E-state index in [-0.39, 0.29) is 11.5 Å². The highest BCUT2D eigenvalue weighted by atomic mass is 19.1. The van der Waals surface area contributed by atoms with Crippen molar-refractivity contribution in [1.29, 1.82) is 5.26 Å². The number of halogens is 1. The zero-order valence-electron chi connectivity index (χ0n) is 9.70. The standard InChI is InChI=1S/C12H14FN3O/c1-7(2)11(12(15)17)16-10-4-8(6-14)3-9(13)5-10/h3-5,7,11,16H,1-2H3,(H2,15,17). The molecule has 0 spiro atoms. The summed E-state index contributed by atoms with van der Waals surface area (Å²) in [6.07, 6.45) is 0. The fourth-order valence-corrected chi connectivity index (χ4v) is 1.48. The third kappa shape index (κ3) is 3.45. The first kappa shape index (κ1) is 13.0. The van der Waals surface area contributed by atoms with E-state index in [9.17, 15) is 9.18 Å². The lowest BCUT2D eigenvalue weighted by Crippen LogP contribution is -2.39. The van der Waals surface area contributed by atoms with Crippen LogP contribution in [0.2, 0.25) is 0 Å². The molecule has 3 N–H and O–H groups in total. The van der Waals surface area contributed by atoms with Gasteiger partial charge in [0, 0.05) is 5.69 Å². The van der Waals surface area contributed by atoms with Crippen LogP contribution in [-0.4, -0.2) is 11.9 Å². The Balaban J connectivity index is 2.98. The van der Waals surface area contributed by atoms with E-state index in [1.807, 2.05) is 19.9 Å². The molecule has 0 heterocycles. The van der Waals surface area contributed by atoms with Gasteiger partial charge in [-0.1, -0.05) is 13.8 Å². The third-order valence-corrected chi connectivity index (χ3v) is 2.32. The van der Waals surface area contributed by atoms with Crippen LogP contribution in [0.5, 0.6) is 0 Å². The highest BCUT2D eigenvalue weighted by Crippen LogP contribution is 2.16. The highest BCUT2D eigenvalue weighted by molar-refractivity contribution is 5.83. The summed E-state index contributed by atoms with van der Waals surface area (Å²) in [5, 5.41) is 11.5. The molecule has 90 valence electrons. The molecular formula is C12H14FN3O. The minimum absolute atomic E-state index is 0.0266. The molecule has 5 heteroatoms. The topological polar surface area (TPSA) is 78.9 Å². The fourth-order valence-electron chi connectivity index (χ4n) is 1.48. The van der Waals surface area contributed by atoms with Gasteiger partial charge in [-0.3, -0.25) is 4.79 Å². The number of nitrogens with zero attached hydrogens (tertiary/aromatic N) is 1. The number of nitrogens with two attached hydrogens (primary N) is 1. The number of primary amides is 1. The second kappa shape index (κ2) is 5.30. The largest absolute Gasteiger partial charge is 0.373 e. The zero-order valence-corrected chi connectivity index (χ0v) is 9.70. The minimum Gasteiger partial charge on any atom is -0.373 e. The first-order chi connectivity index (χ1) is 7.93. The number of anilines is 1. The second-order valence-corrected chi connectivity index (χ2v) is 4.11. The molecule has 1 rings (SSSR count). The Morgan fingerprint density at radius 3 is 2.59 bits per heavy atom. The van der Waals surface area contributed by atoms with Crippen molar-refractivity contribution in [2.75, 3.05) is 5.32 Å². The molecule has 1 unspecified atom stereocenters. The van der Waals surface area contributed by atoms with Crippen LogP contribution in [0.3, 0.4) is 0 Å². The number of benzene rings is 1. The van der Waals surface area contributed by atoms with Crippen molar-refractivity contribution in [2.24, 2.45) is 11.7 Å². The van der Waals surface area contributed by atoms with Gasteiger partial charge in [-0.15, -0.1) is 0 Å². The van der Waals surface area contributed by atoms with Crippen molar-refractivity contribution in [3.05, 3.63) is 29.6 Å². The lowest BCUT2D eigenvalue weighted by Gasteiger charge is -2.20. The Kier molecular flexibility index (Phi) is 4.05. The van der Waals surface area contributed by atoms with Crippen LogP contribution in [0.25, 0.3) is 0 Å². The van der Waals surface area contributed by atoms with Gasteiger partial charge in [-0.25, -0.2) is 4.39 Å². The van der Waals surface area contributed by atoms with E-state index in [4.69, 9.17) is 11.0 Å². The molecule has 0 saturated heterocycles. The van der Waals surface area contributed by atoms with Gasteiger partial charge in [0.1, 0.15) is 11.9 Å². The molecule has 1 aromatic rings. The zero-order chi connectivity index (χ0) is 13.0. The molecule has 0 aliphatic heterocycles. The van der Waals surface area contributed by atoms with E-state index in [0.717, 1.165) is 6.07 Å². The number of hydrogen-bond acceptors (Lipinski definition) is 3. The molecule has 0 aliphatic carbocycles. The van der Waals surface area contributed by atoms with Crippen LogP contribution in [-0.2, 0) is 4.79 Å². The van der Waals surface area contributed by atoms with E-state index in [1.54, 1.807) is 0 Å². The number of nitriles is 1. The summed E-state index contributed by atoms with van der Waals surface area (Å²) >= 11 is 0. The number of nitrogens with one attached hydrogen (secondary N) is 1. The Morgan fingerprint density at radius 2 is 2.12 bits per heavy atom. The first-order valence-electron chi connectivity index (χ1n) is 5.20. The molecule has 0 fully saturated rings.